The van der Waals surface area contributed by atoms with Crippen LogP contribution in [0.5, 0.6) is 0 Å². The fourth-order valence-electron chi connectivity index (χ4n) is 5.09. The van der Waals surface area contributed by atoms with Gasteiger partial charge in [0.25, 0.3) is 0 Å². The molecule has 0 saturated carbocycles. The Bertz CT molecular complexity index is 283. The molecule has 0 aliphatic rings. The summed E-state index contributed by atoms with van der Waals surface area (Å²) in [6.45, 7) is 14.0. The summed E-state index contributed by atoms with van der Waals surface area (Å²) in [6, 6.07) is 0. The quantitative estimate of drug-likeness (QED) is 0.161. The molecule has 0 bridgehead atoms. The topological polar surface area (TPSA) is 9.23 Å². The lowest BCUT2D eigenvalue weighted by Crippen LogP contribution is -2.27. The molecule has 0 radical (unpaired) electrons. The van der Waals surface area contributed by atoms with E-state index < -0.39 is 0 Å². The summed E-state index contributed by atoms with van der Waals surface area (Å²) in [7, 11) is 0. The van der Waals surface area contributed by atoms with Gasteiger partial charge in [0.1, 0.15) is 0 Å². The normalized spacial score (nSPS) is 15.9. The van der Waals surface area contributed by atoms with E-state index in [0.717, 1.165) is 11.8 Å². The van der Waals surface area contributed by atoms with Gasteiger partial charge < -0.3 is 4.74 Å². The molecule has 0 aromatic carbocycles. The molecule has 0 saturated heterocycles. The van der Waals surface area contributed by atoms with E-state index in [4.69, 9.17) is 4.74 Å². The van der Waals surface area contributed by atoms with Crippen molar-refractivity contribution in [2.75, 3.05) is 0 Å². The Morgan fingerprint density at radius 2 is 0.793 bits per heavy atom. The minimum atomic E-state index is 0.493. The van der Waals surface area contributed by atoms with Crippen LogP contribution in [-0.2, 0) is 4.74 Å². The summed E-state index contributed by atoms with van der Waals surface area (Å²) in [5.74, 6) is 1.75. The highest BCUT2D eigenvalue weighted by Crippen LogP contribution is 2.29. The Kier molecular flexibility index (Phi) is 21.2. The van der Waals surface area contributed by atoms with Gasteiger partial charge in [0, 0.05) is 0 Å². The molecule has 1 heteroatoms. The molecule has 0 aliphatic heterocycles. The van der Waals surface area contributed by atoms with Crippen molar-refractivity contribution >= 4 is 0 Å². The van der Waals surface area contributed by atoms with E-state index in [1.54, 1.807) is 0 Å². The molecule has 0 aliphatic carbocycles. The molecule has 0 fully saturated rings. The molecule has 4 atom stereocenters. The number of hydrogen-bond acceptors (Lipinski definition) is 1. The van der Waals surface area contributed by atoms with Crippen LogP contribution in [0, 0.1) is 11.8 Å². The largest absolute Gasteiger partial charge is 0.375 e. The van der Waals surface area contributed by atoms with Gasteiger partial charge in [-0.25, -0.2) is 0 Å². The van der Waals surface area contributed by atoms with Crippen LogP contribution in [0.15, 0.2) is 0 Å². The zero-order valence-corrected chi connectivity index (χ0v) is 21.4. The highest BCUT2D eigenvalue weighted by Gasteiger charge is 2.22. The van der Waals surface area contributed by atoms with Crippen molar-refractivity contribution in [3.8, 4) is 0 Å². The van der Waals surface area contributed by atoms with Crippen molar-refractivity contribution in [3.63, 3.8) is 0 Å². The van der Waals surface area contributed by atoms with E-state index in [1.807, 2.05) is 0 Å². The zero-order chi connectivity index (χ0) is 21.7. The summed E-state index contributed by atoms with van der Waals surface area (Å²) in [5.41, 5.74) is 0. The Morgan fingerprint density at radius 3 is 1.10 bits per heavy atom. The molecule has 0 heterocycles. The summed E-state index contributed by atoms with van der Waals surface area (Å²) >= 11 is 0. The Balaban J connectivity index is 4.86. The maximum absolute atomic E-state index is 6.90. The van der Waals surface area contributed by atoms with Gasteiger partial charge in [0.2, 0.25) is 0 Å². The highest BCUT2D eigenvalue weighted by atomic mass is 16.5. The second kappa shape index (κ2) is 21.2. The fraction of sp³-hybridized carbons (Fsp3) is 1.00. The number of rotatable bonds is 22. The van der Waals surface area contributed by atoms with Crippen molar-refractivity contribution in [2.45, 2.75) is 169 Å². The van der Waals surface area contributed by atoms with Crippen LogP contribution in [-0.4, -0.2) is 12.2 Å². The van der Waals surface area contributed by atoms with Gasteiger partial charge in [0.15, 0.2) is 0 Å². The smallest absolute Gasteiger partial charge is 0.0581 e. The van der Waals surface area contributed by atoms with Crippen LogP contribution in [0.1, 0.15) is 157 Å². The lowest BCUT2D eigenvalue weighted by Gasteiger charge is -2.30. The molecule has 0 rings (SSSR count). The molecule has 0 aromatic rings. The third-order valence-corrected chi connectivity index (χ3v) is 6.62. The zero-order valence-electron chi connectivity index (χ0n) is 21.4. The Morgan fingerprint density at radius 1 is 0.414 bits per heavy atom. The number of ether oxygens (including phenoxy) is 1. The average molecular weight is 411 g/mol. The summed E-state index contributed by atoms with van der Waals surface area (Å²) < 4.78 is 6.90. The second-order valence-electron chi connectivity index (χ2n) is 9.73. The predicted octanol–water partition coefficient (Wildman–Crippen LogP) is 10.1. The maximum atomic E-state index is 6.90. The van der Waals surface area contributed by atoms with E-state index in [-0.39, 0.29) is 0 Å². The minimum absolute atomic E-state index is 0.493. The van der Waals surface area contributed by atoms with Gasteiger partial charge in [-0.2, -0.15) is 0 Å². The molecule has 176 valence electrons. The number of unbranched alkanes of at least 4 members (excludes halogenated alkanes) is 4. The first-order chi connectivity index (χ1) is 14.1. The van der Waals surface area contributed by atoms with Crippen LogP contribution >= 0.6 is 0 Å². The van der Waals surface area contributed by atoms with Gasteiger partial charge >= 0.3 is 0 Å². The first kappa shape index (κ1) is 29.0. The monoisotopic (exact) mass is 410 g/mol. The summed E-state index contributed by atoms with van der Waals surface area (Å²) in [6.07, 6.45) is 25.2. The van der Waals surface area contributed by atoms with Crippen molar-refractivity contribution in [2.24, 2.45) is 11.8 Å². The molecule has 0 N–H and O–H groups in total. The lowest BCUT2D eigenvalue weighted by molar-refractivity contribution is -0.0449. The maximum Gasteiger partial charge on any atom is 0.0581 e. The lowest BCUT2D eigenvalue weighted by atomic mass is 9.88. The Hall–Kier alpha value is -0.0400. The third-order valence-electron chi connectivity index (χ3n) is 6.62. The van der Waals surface area contributed by atoms with Crippen LogP contribution in [0.4, 0.5) is 0 Å². The van der Waals surface area contributed by atoms with Crippen molar-refractivity contribution in [3.05, 3.63) is 0 Å². The van der Waals surface area contributed by atoms with Gasteiger partial charge in [-0.3, -0.25) is 0 Å². The van der Waals surface area contributed by atoms with Crippen molar-refractivity contribution in [1.82, 2.24) is 0 Å². The highest BCUT2D eigenvalue weighted by molar-refractivity contribution is 4.72. The summed E-state index contributed by atoms with van der Waals surface area (Å²) in [4.78, 5) is 0. The van der Waals surface area contributed by atoms with E-state index in [1.165, 1.54) is 116 Å². The van der Waals surface area contributed by atoms with Crippen LogP contribution in [0.25, 0.3) is 0 Å². The van der Waals surface area contributed by atoms with E-state index in [9.17, 15) is 0 Å². The second-order valence-corrected chi connectivity index (χ2v) is 9.73. The molecule has 0 spiro atoms. The van der Waals surface area contributed by atoms with E-state index >= 15 is 0 Å². The van der Waals surface area contributed by atoms with Crippen LogP contribution in [0.3, 0.4) is 0 Å². The Labute approximate surface area is 186 Å². The number of hydrogen-bond donors (Lipinski definition) is 0. The molecule has 29 heavy (non-hydrogen) atoms. The average Bonchev–Trinajstić information content (AvgIpc) is 2.69. The van der Waals surface area contributed by atoms with E-state index in [2.05, 4.69) is 41.5 Å². The van der Waals surface area contributed by atoms with Gasteiger partial charge in [-0.15, -0.1) is 0 Å². The first-order valence-electron chi connectivity index (χ1n) is 13.8. The standard InChI is InChI=1S/C28H58O/c1-7-13-15-21-25(17-9-3)23-27(19-11-5)29-28(20-12-6)24-26(18-10-4)22-16-14-8-2/h25-28H,7-24H2,1-6H3. The molecule has 4 unspecified atom stereocenters. The van der Waals surface area contributed by atoms with Crippen molar-refractivity contribution < 1.29 is 4.74 Å². The third kappa shape index (κ3) is 16.3. The van der Waals surface area contributed by atoms with Gasteiger partial charge in [-0.05, 0) is 37.5 Å². The molecular formula is C28H58O. The van der Waals surface area contributed by atoms with Gasteiger partial charge in [0.05, 0.1) is 12.2 Å². The van der Waals surface area contributed by atoms with E-state index in [0.29, 0.717) is 12.2 Å². The summed E-state index contributed by atoms with van der Waals surface area (Å²) in [5, 5.41) is 0. The SMILES string of the molecule is CCCCCC(CCC)CC(CCC)OC(CCC)CC(CCC)CCCCC. The molecular weight excluding hydrogens is 352 g/mol. The molecule has 0 amide bonds. The van der Waals surface area contributed by atoms with Gasteiger partial charge in [-0.1, -0.05) is 131 Å². The first-order valence-corrected chi connectivity index (χ1v) is 13.8. The van der Waals surface area contributed by atoms with Crippen molar-refractivity contribution in [1.29, 1.82) is 0 Å². The molecule has 0 aromatic heterocycles. The van der Waals surface area contributed by atoms with Crippen LogP contribution < -0.4 is 0 Å². The fourth-order valence-corrected chi connectivity index (χ4v) is 5.09. The predicted molar refractivity (Wildman–Crippen MR) is 133 cm³/mol. The molecule has 1 nitrogen and oxygen atoms in total. The minimum Gasteiger partial charge on any atom is -0.375 e. The van der Waals surface area contributed by atoms with Crippen LogP contribution in [0.2, 0.25) is 0 Å².